The minimum Gasteiger partial charge on any atom is -0.460 e. The van der Waals surface area contributed by atoms with Gasteiger partial charge >= 0.3 is 12.1 Å². The summed E-state index contributed by atoms with van der Waals surface area (Å²) < 4.78 is 4.84. The maximum Gasteiger partial charge on any atom is 0.433 e. The fraction of sp³-hybridized carbons (Fsp3) is 0.545. The van der Waals surface area contributed by atoms with E-state index < -0.39 is 12.1 Å². The second-order valence-corrected chi connectivity index (χ2v) is 3.50. The zero-order valence-corrected chi connectivity index (χ0v) is 10.4. The smallest absolute Gasteiger partial charge is 0.433 e. The number of nitrogens with one attached hydrogen (secondary N) is 1. The number of esters is 1. The van der Waals surface area contributed by atoms with Gasteiger partial charge in [0.15, 0.2) is 0 Å². The molecule has 0 aromatic rings. The van der Waals surface area contributed by atoms with Crippen LogP contribution in [0.25, 0.3) is 0 Å². The average Bonchev–Trinajstić information content (AvgIpc) is 2.26. The third-order valence-electron chi connectivity index (χ3n) is 1.57. The Morgan fingerprint density at radius 2 is 2.18 bits per heavy atom. The summed E-state index contributed by atoms with van der Waals surface area (Å²) in [4.78, 5) is 26.6. The third-order valence-corrected chi connectivity index (χ3v) is 1.57. The molecule has 0 spiro atoms. The van der Waals surface area contributed by atoms with Crippen molar-refractivity contribution in [1.82, 2.24) is 5.32 Å². The largest absolute Gasteiger partial charge is 0.460 e. The molecular formula is C11H18N2O4. The molecule has 6 nitrogen and oxygen atoms in total. The van der Waals surface area contributed by atoms with Gasteiger partial charge in [-0.3, -0.25) is 4.84 Å². The zero-order chi connectivity index (χ0) is 13.3. The number of oxime groups is 1. The lowest BCUT2D eigenvalue weighted by molar-refractivity contribution is -0.139. The molecule has 1 amide bonds. The molecule has 0 heterocycles. The highest BCUT2D eigenvalue weighted by Gasteiger charge is 2.11. The molecule has 1 atom stereocenters. The Kier molecular flexibility index (Phi) is 7.41. The van der Waals surface area contributed by atoms with Crippen molar-refractivity contribution in [3.8, 4) is 0 Å². The maximum atomic E-state index is 11.1. The van der Waals surface area contributed by atoms with Gasteiger partial charge in [-0.1, -0.05) is 18.7 Å². The lowest BCUT2D eigenvalue weighted by Crippen LogP contribution is -2.36. The van der Waals surface area contributed by atoms with E-state index in [0.29, 0.717) is 12.0 Å². The first-order chi connectivity index (χ1) is 7.97. The summed E-state index contributed by atoms with van der Waals surface area (Å²) >= 11 is 0. The highest BCUT2D eigenvalue weighted by molar-refractivity contribution is 5.86. The molecule has 0 radical (unpaired) electrons. The van der Waals surface area contributed by atoms with Gasteiger partial charge in [0.05, 0.1) is 6.04 Å². The predicted octanol–water partition coefficient (Wildman–Crippen LogP) is 1.62. The van der Waals surface area contributed by atoms with E-state index >= 15 is 0 Å². The molecule has 0 saturated carbocycles. The summed E-state index contributed by atoms with van der Waals surface area (Å²) in [5.41, 5.74) is 0.312. The first kappa shape index (κ1) is 15.2. The molecule has 0 fully saturated rings. The van der Waals surface area contributed by atoms with Crippen molar-refractivity contribution in [2.24, 2.45) is 5.16 Å². The Balaban J connectivity index is 3.82. The number of ether oxygens (including phenoxy) is 1. The molecule has 0 saturated heterocycles. The van der Waals surface area contributed by atoms with Crippen LogP contribution < -0.4 is 5.32 Å². The van der Waals surface area contributed by atoms with Crippen molar-refractivity contribution in [2.75, 3.05) is 6.61 Å². The molecule has 1 N–H and O–H groups in total. The van der Waals surface area contributed by atoms with E-state index in [2.05, 4.69) is 21.9 Å². The summed E-state index contributed by atoms with van der Waals surface area (Å²) in [6.45, 7) is 8.58. The fourth-order valence-corrected chi connectivity index (χ4v) is 0.753. The van der Waals surface area contributed by atoms with Crippen LogP contribution in [0.4, 0.5) is 4.79 Å². The van der Waals surface area contributed by atoms with Crippen molar-refractivity contribution in [3.05, 3.63) is 12.2 Å². The van der Waals surface area contributed by atoms with E-state index in [1.54, 1.807) is 13.8 Å². The molecule has 0 rings (SSSR count). The number of amides is 1. The monoisotopic (exact) mass is 242 g/mol. The Labute approximate surface area is 101 Å². The summed E-state index contributed by atoms with van der Waals surface area (Å²) in [7, 11) is 0. The molecular weight excluding hydrogens is 224 g/mol. The number of rotatable bonds is 6. The topological polar surface area (TPSA) is 77.0 Å². The van der Waals surface area contributed by atoms with Crippen molar-refractivity contribution in [1.29, 1.82) is 0 Å². The molecule has 6 heteroatoms. The zero-order valence-electron chi connectivity index (χ0n) is 10.4. The standard InChI is InChI=1S/C11H18N2O4/c1-5-6-12-17-11(15)13-9(4)7-16-10(14)8(2)3/h6,9H,2,5,7H2,1,3-4H3,(H,13,15)/b12-6+. The lowest BCUT2D eigenvalue weighted by atomic mass is 10.3. The number of hydrogen-bond acceptors (Lipinski definition) is 5. The quantitative estimate of drug-likeness (QED) is 0.252. The molecule has 0 aliphatic heterocycles. The van der Waals surface area contributed by atoms with Gasteiger partial charge in [0, 0.05) is 11.8 Å². The van der Waals surface area contributed by atoms with Gasteiger partial charge in [0.2, 0.25) is 0 Å². The van der Waals surface area contributed by atoms with Crippen molar-refractivity contribution < 1.29 is 19.2 Å². The minimum atomic E-state index is -0.687. The van der Waals surface area contributed by atoms with E-state index in [1.165, 1.54) is 6.21 Å². The van der Waals surface area contributed by atoms with Gasteiger partial charge in [-0.05, 0) is 20.3 Å². The highest BCUT2D eigenvalue weighted by atomic mass is 16.7. The van der Waals surface area contributed by atoms with Gasteiger partial charge in [-0.25, -0.2) is 9.59 Å². The second-order valence-electron chi connectivity index (χ2n) is 3.50. The van der Waals surface area contributed by atoms with Crippen LogP contribution in [0.1, 0.15) is 27.2 Å². The second kappa shape index (κ2) is 8.32. The first-order valence-corrected chi connectivity index (χ1v) is 5.29. The van der Waals surface area contributed by atoms with Gasteiger partial charge in [0.1, 0.15) is 6.61 Å². The van der Waals surface area contributed by atoms with Gasteiger partial charge in [-0.15, -0.1) is 0 Å². The van der Waals surface area contributed by atoms with Crippen LogP contribution >= 0.6 is 0 Å². The molecule has 0 aromatic heterocycles. The van der Waals surface area contributed by atoms with Crippen molar-refractivity contribution in [2.45, 2.75) is 33.2 Å². The van der Waals surface area contributed by atoms with Crippen LogP contribution in [0.15, 0.2) is 17.3 Å². The van der Waals surface area contributed by atoms with Crippen LogP contribution in [0.5, 0.6) is 0 Å². The number of nitrogens with zero attached hydrogens (tertiary/aromatic N) is 1. The molecule has 17 heavy (non-hydrogen) atoms. The predicted molar refractivity (Wildman–Crippen MR) is 63.6 cm³/mol. The third kappa shape index (κ3) is 8.01. The van der Waals surface area contributed by atoms with Crippen molar-refractivity contribution in [3.63, 3.8) is 0 Å². The van der Waals surface area contributed by atoms with E-state index in [9.17, 15) is 9.59 Å². The summed E-state index contributed by atoms with van der Waals surface area (Å²) in [5, 5.41) is 5.86. The molecule has 0 bridgehead atoms. The molecule has 0 aliphatic rings. The average molecular weight is 242 g/mol. The summed E-state index contributed by atoms with van der Waals surface area (Å²) in [6, 6.07) is -0.359. The Morgan fingerprint density at radius 1 is 1.53 bits per heavy atom. The number of carbonyl (C=O) groups is 2. The Morgan fingerprint density at radius 3 is 2.71 bits per heavy atom. The summed E-state index contributed by atoms with van der Waals surface area (Å²) in [6.07, 6.45) is 1.46. The van der Waals surface area contributed by atoms with E-state index in [1.807, 2.05) is 6.92 Å². The lowest BCUT2D eigenvalue weighted by Gasteiger charge is -2.12. The maximum absolute atomic E-state index is 11.1. The van der Waals surface area contributed by atoms with Crippen LogP contribution in [-0.2, 0) is 14.4 Å². The number of carbonyl (C=O) groups excluding carboxylic acids is 2. The van der Waals surface area contributed by atoms with Crippen LogP contribution in [0.2, 0.25) is 0 Å². The minimum absolute atomic E-state index is 0.0539. The fourth-order valence-electron chi connectivity index (χ4n) is 0.753. The highest BCUT2D eigenvalue weighted by Crippen LogP contribution is 1.94. The van der Waals surface area contributed by atoms with E-state index in [4.69, 9.17) is 4.74 Å². The SMILES string of the molecule is C=C(C)C(=O)OCC(C)NC(=O)O/N=C/CC. The van der Waals surface area contributed by atoms with Crippen LogP contribution in [0.3, 0.4) is 0 Å². The Hall–Kier alpha value is -1.85. The number of hydrogen-bond donors (Lipinski definition) is 1. The van der Waals surface area contributed by atoms with Gasteiger partial charge < -0.3 is 10.1 Å². The molecule has 0 aliphatic carbocycles. The van der Waals surface area contributed by atoms with Gasteiger partial charge in [0.25, 0.3) is 0 Å². The van der Waals surface area contributed by atoms with Gasteiger partial charge in [-0.2, -0.15) is 0 Å². The molecule has 1 unspecified atom stereocenters. The van der Waals surface area contributed by atoms with Crippen molar-refractivity contribution >= 4 is 18.3 Å². The normalized spacial score (nSPS) is 11.9. The molecule has 96 valence electrons. The molecule has 0 aromatic carbocycles. The van der Waals surface area contributed by atoms with E-state index in [0.717, 1.165) is 0 Å². The summed E-state index contributed by atoms with van der Waals surface area (Å²) in [5.74, 6) is -0.490. The van der Waals surface area contributed by atoms with E-state index in [-0.39, 0.29) is 12.6 Å². The Bertz CT molecular complexity index is 313. The van der Waals surface area contributed by atoms with Crippen LogP contribution in [0, 0.1) is 0 Å². The first-order valence-electron chi connectivity index (χ1n) is 5.29. The van der Waals surface area contributed by atoms with Crippen LogP contribution in [-0.4, -0.2) is 30.9 Å².